The predicted octanol–water partition coefficient (Wildman–Crippen LogP) is 4.28. The maximum absolute atomic E-state index is 11.9. The van der Waals surface area contributed by atoms with Crippen LogP contribution in [0.5, 0.6) is 5.75 Å². The molecule has 0 aliphatic heterocycles. The summed E-state index contributed by atoms with van der Waals surface area (Å²) in [6.45, 7) is 5.43. The number of rotatable bonds is 10. The molecule has 0 aromatic heterocycles. The summed E-state index contributed by atoms with van der Waals surface area (Å²) in [7, 11) is 1.59. The van der Waals surface area contributed by atoms with Crippen LogP contribution in [0, 0.1) is 0 Å². The fourth-order valence-corrected chi connectivity index (χ4v) is 1.99. The zero-order chi connectivity index (χ0) is 16.2. The molecule has 0 bridgehead atoms. The molecule has 0 N–H and O–H groups in total. The van der Waals surface area contributed by atoms with Crippen molar-refractivity contribution in [2.75, 3.05) is 20.3 Å². The highest BCUT2D eigenvalue weighted by Crippen LogP contribution is 2.12. The van der Waals surface area contributed by atoms with Gasteiger partial charge in [0.25, 0.3) is 0 Å². The number of benzene rings is 1. The summed E-state index contributed by atoms with van der Waals surface area (Å²) in [5.41, 5.74) is 1.58. The zero-order valence-corrected chi connectivity index (χ0v) is 13.9. The van der Waals surface area contributed by atoms with Crippen molar-refractivity contribution in [3.8, 4) is 5.75 Å². The van der Waals surface area contributed by atoms with Gasteiger partial charge in [0, 0.05) is 18.7 Å². The van der Waals surface area contributed by atoms with Crippen LogP contribution in [0.2, 0.25) is 0 Å². The summed E-state index contributed by atoms with van der Waals surface area (Å²) in [6, 6.07) is 6.91. The number of carbonyl (C=O) groups excluding carboxylic acids is 1. The number of methoxy groups -OCH3 is 1. The fraction of sp³-hybridized carbons (Fsp3) is 0.556. The van der Waals surface area contributed by atoms with Crippen molar-refractivity contribution in [2.24, 2.45) is 4.99 Å². The molecule has 4 heteroatoms. The molecular formula is C18H27NO3. The van der Waals surface area contributed by atoms with Gasteiger partial charge >= 0.3 is 5.97 Å². The molecular weight excluding hydrogens is 278 g/mol. The monoisotopic (exact) mass is 305 g/mol. The Morgan fingerprint density at radius 3 is 2.50 bits per heavy atom. The molecule has 0 atom stereocenters. The smallest absolute Gasteiger partial charge is 0.338 e. The number of hydrogen-bond donors (Lipinski definition) is 0. The number of nitrogens with zero attached hydrogens (tertiary/aromatic N) is 1. The van der Waals surface area contributed by atoms with Gasteiger partial charge in [0.15, 0.2) is 0 Å². The molecule has 1 aromatic carbocycles. The lowest BCUT2D eigenvalue weighted by molar-refractivity contribution is 0.0515. The van der Waals surface area contributed by atoms with E-state index in [2.05, 4.69) is 11.9 Å². The first kappa shape index (κ1) is 18.2. The van der Waals surface area contributed by atoms with Crippen molar-refractivity contribution in [3.63, 3.8) is 0 Å². The normalized spacial score (nSPS) is 11.3. The van der Waals surface area contributed by atoms with E-state index in [4.69, 9.17) is 9.47 Å². The van der Waals surface area contributed by atoms with E-state index in [9.17, 15) is 4.79 Å². The second-order valence-corrected chi connectivity index (χ2v) is 5.29. The second-order valence-electron chi connectivity index (χ2n) is 5.29. The first-order chi connectivity index (χ1) is 10.7. The standard InChI is InChI=1S/C18H27NO3/c1-4-5-6-7-13-19-15(2)12-14-22-18(20)16-8-10-17(21-3)11-9-16/h8-11H,4-7,12-14H2,1-3H3. The molecule has 0 unspecified atom stereocenters. The van der Waals surface area contributed by atoms with Crippen molar-refractivity contribution in [3.05, 3.63) is 29.8 Å². The van der Waals surface area contributed by atoms with Gasteiger partial charge in [-0.15, -0.1) is 0 Å². The number of unbranched alkanes of at least 4 members (excludes halogenated alkanes) is 3. The Morgan fingerprint density at radius 1 is 1.14 bits per heavy atom. The third-order valence-electron chi connectivity index (χ3n) is 3.42. The molecule has 0 amide bonds. The van der Waals surface area contributed by atoms with Crippen molar-refractivity contribution in [1.29, 1.82) is 0 Å². The van der Waals surface area contributed by atoms with Crippen molar-refractivity contribution >= 4 is 11.7 Å². The molecule has 0 fully saturated rings. The molecule has 22 heavy (non-hydrogen) atoms. The summed E-state index contributed by atoms with van der Waals surface area (Å²) in [6.07, 6.45) is 5.57. The first-order valence-electron chi connectivity index (χ1n) is 7.98. The van der Waals surface area contributed by atoms with E-state index in [0.29, 0.717) is 18.6 Å². The second kappa shape index (κ2) is 10.8. The lowest BCUT2D eigenvalue weighted by Crippen LogP contribution is -2.09. The molecule has 0 aliphatic carbocycles. The zero-order valence-electron chi connectivity index (χ0n) is 13.9. The Bertz CT molecular complexity index is 466. The van der Waals surface area contributed by atoms with Crippen molar-refractivity contribution in [1.82, 2.24) is 0 Å². The quantitative estimate of drug-likeness (QED) is 0.368. The maximum atomic E-state index is 11.9. The molecule has 0 spiro atoms. The van der Waals surface area contributed by atoms with Crippen LogP contribution in [0.1, 0.15) is 56.3 Å². The topological polar surface area (TPSA) is 47.9 Å². The molecule has 0 radical (unpaired) electrons. The van der Waals surface area contributed by atoms with Crippen LogP contribution in [0.25, 0.3) is 0 Å². The van der Waals surface area contributed by atoms with E-state index in [-0.39, 0.29) is 5.97 Å². The molecule has 1 aromatic rings. The Labute approximate surface area is 133 Å². The van der Waals surface area contributed by atoms with Gasteiger partial charge in [-0.3, -0.25) is 4.99 Å². The minimum atomic E-state index is -0.307. The van der Waals surface area contributed by atoms with E-state index >= 15 is 0 Å². The molecule has 1 rings (SSSR count). The lowest BCUT2D eigenvalue weighted by Gasteiger charge is -2.06. The van der Waals surface area contributed by atoms with Crippen LogP contribution in [0.15, 0.2) is 29.3 Å². The largest absolute Gasteiger partial charge is 0.497 e. The Hall–Kier alpha value is -1.84. The van der Waals surface area contributed by atoms with E-state index < -0.39 is 0 Å². The van der Waals surface area contributed by atoms with Gasteiger partial charge in [-0.1, -0.05) is 26.2 Å². The average molecular weight is 305 g/mol. The predicted molar refractivity (Wildman–Crippen MR) is 90.0 cm³/mol. The maximum Gasteiger partial charge on any atom is 0.338 e. The molecule has 4 nitrogen and oxygen atoms in total. The number of carbonyl (C=O) groups is 1. The van der Waals surface area contributed by atoms with Crippen LogP contribution >= 0.6 is 0 Å². The van der Waals surface area contributed by atoms with Crippen LogP contribution in [0.4, 0.5) is 0 Å². The van der Waals surface area contributed by atoms with Gasteiger partial charge in [0.1, 0.15) is 5.75 Å². The van der Waals surface area contributed by atoms with Gasteiger partial charge < -0.3 is 9.47 Å². The summed E-state index contributed by atoms with van der Waals surface area (Å²) < 4.78 is 10.3. The number of esters is 1. The minimum absolute atomic E-state index is 0.307. The van der Waals surface area contributed by atoms with Crippen molar-refractivity contribution in [2.45, 2.75) is 46.0 Å². The lowest BCUT2D eigenvalue weighted by atomic mass is 10.2. The van der Waals surface area contributed by atoms with Gasteiger partial charge in [-0.2, -0.15) is 0 Å². The SMILES string of the molecule is CCCCCCN=C(C)CCOC(=O)c1ccc(OC)cc1. The molecule has 0 saturated heterocycles. The number of ether oxygens (including phenoxy) is 2. The molecule has 122 valence electrons. The third kappa shape index (κ3) is 7.25. The van der Waals surface area contributed by atoms with Crippen LogP contribution in [0.3, 0.4) is 0 Å². The first-order valence-corrected chi connectivity index (χ1v) is 7.98. The number of hydrogen-bond acceptors (Lipinski definition) is 4. The summed E-state index contributed by atoms with van der Waals surface area (Å²) >= 11 is 0. The Morgan fingerprint density at radius 2 is 1.86 bits per heavy atom. The Kier molecular flexibility index (Phi) is 8.96. The van der Waals surface area contributed by atoms with Crippen LogP contribution in [-0.2, 0) is 4.74 Å². The van der Waals surface area contributed by atoms with E-state index in [1.165, 1.54) is 19.3 Å². The minimum Gasteiger partial charge on any atom is -0.497 e. The van der Waals surface area contributed by atoms with Crippen LogP contribution in [-0.4, -0.2) is 31.9 Å². The molecule has 0 saturated carbocycles. The summed E-state index contributed by atoms with van der Waals surface area (Å²) in [4.78, 5) is 16.4. The van der Waals surface area contributed by atoms with E-state index in [1.807, 2.05) is 6.92 Å². The molecule has 0 aliphatic rings. The highest BCUT2D eigenvalue weighted by Gasteiger charge is 2.07. The van der Waals surface area contributed by atoms with Gasteiger partial charge in [0.2, 0.25) is 0 Å². The van der Waals surface area contributed by atoms with Gasteiger partial charge in [-0.25, -0.2) is 4.79 Å². The fourth-order valence-electron chi connectivity index (χ4n) is 1.99. The van der Waals surface area contributed by atoms with E-state index in [0.717, 1.165) is 24.4 Å². The van der Waals surface area contributed by atoms with E-state index in [1.54, 1.807) is 31.4 Å². The Balaban J connectivity index is 2.24. The molecule has 0 heterocycles. The van der Waals surface area contributed by atoms with Crippen LogP contribution < -0.4 is 4.74 Å². The summed E-state index contributed by atoms with van der Waals surface area (Å²) in [5.74, 6) is 0.418. The van der Waals surface area contributed by atoms with Gasteiger partial charge in [0.05, 0.1) is 19.3 Å². The average Bonchev–Trinajstić information content (AvgIpc) is 2.54. The highest BCUT2D eigenvalue weighted by atomic mass is 16.5. The van der Waals surface area contributed by atoms with Crippen molar-refractivity contribution < 1.29 is 14.3 Å². The third-order valence-corrected chi connectivity index (χ3v) is 3.42. The number of aliphatic imine (C=N–C) groups is 1. The summed E-state index contributed by atoms with van der Waals surface area (Å²) in [5, 5.41) is 0. The highest BCUT2D eigenvalue weighted by molar-refractivity contribution is 5.90. The van der Waals surface area contributed by atoms with Gasteiger partial charge in [-0.05, 0) is 37.6 Å².